The van der Waals surface area contributed by atoms with E-state index in [-0.39, 0.29) is 0 Å². The largest absolute Gasteiger partial charge is 0.471 e. The molecule has 4 aromatic rings. The third kappa shape index (κ3) is 4.10. The van der Waals surface area contributed by atoms with Crippen molar-refractivity contribution in [2.75, 3.05) is 31.2 Å². The number of morpholine rings is 1. The van der Waals surface area contributed by atoms with Crippen LogP contribution in [0.15, 0.2) is 48.9 Å². The SMILES string of the molecule is N[C@@H](Oc1ccc2[nH]nc(-c3ccc(N4CCOCC4)cn3)c2c1)c1c(Cl)cncc1Cl. The van der Waals surface area contributed by atoms with E-state index in [2.05, 4.69) is 31.1 Å². The van der Waals surface area contributed by atoms with Crippen molar-refractivity contribution in [1.82, 2.24) is 20.2 Å². The minimum atomic E-state index is -0.850. The van der Waals surface area contributed by atoms with E-state index in [0.29, 0.717) is 21.4 Å². The topological polar surface area (TPSA) is 102 Å². The van der Waals surface area contributed by atoms with Gasteiger partial charge in [-0.15, -0.1) is 0 Å². The Morgan fingerprint density at radius 2 is 1.84 bits per heavy atom. The van der Waals surface area contributed by atoms with Crippen molar-refractivity contribution in [3.8, 4) is 17.1 Å². The van der Waals surface area contributed by atoms with Crippen LogP contribution in [0.4, 0.5) is 5.69 Å². The fraction of sp³-hybridized carbons (Fsp3) is 0.227. The average Bonchev–Trinajstić information content (AvgIpc) is 3.23. The molecule has 1 aliphatic heterocycles. The van der Waals surface area contributed by atoms with Crippen molar-refractivity contribution in [1.29, 1.82) is 0 Å². The maximum absolute atomic E-state index is 6.22. The van der Waals surface area contributed by atoms with E-state index in [1.54, 1.807) is 0 Å². The second-order valence-corrected chi connectivity index (χ2v) is 8.15. The number of aromatic amines is 1. The normalized spacial score (nSPS) is 15.2. The Bertz CT molecular complexity index is 1220. The summed E-state index contributed by atoms with van der Waals surface area (Å²) in [6.45, 7) is 3.18. The molecule has 0 aliphatic carbocycles. The number of halogens is 2. The van der Waals surface area contributed by atoms with Gasteiger partial charge in [-0.3, -0.25) is 20.8 Å². The standard InChI is InChI=1S/C22H20Cl2N6O2/c23-16-11-26-12-17(24)20(16)22(25)32-14-2-4-18-15(9-14)21(29-28-18)19-3-1-13(10-27-19)30-5-7-31-8-6-30/h1-4,9-12,22H,5-8,25H2,(H,28,29)/t22-/m0/s1. The lowest BCUT2D eigenvalue weighted by atomic mass is 10.1. The van der Waals surface area contributed by atoms with E-state index in [0.717, 1.165) is 54.3 Å². The lowest BCUT2D eigenvalue weighted by molar-refractivity contribution is 0.122. The van der Waals surface area contributed by atoms with E-state index in [1.165, 1.54) is 12.4 Å². The van der Waals surface area contributed by atoms with Crippen molar-refractivity contribution in [3.05, 3.63) is 64.5 Å². The molecule has 1 atom stereocenters. The van der Waals surface area contributed by atoms with Gasteiger partial charge in [-0.1, -0.05) is 23.2 Å². The van der Waals surface area contributed by atoms with Gasteiger partial charge in [0.2, 0.25) is 0 Å². The van der Waals surface area contributed by atoms with Crippen LogP contribution in [0.1, 0.15) is 11.8 Å². The molecule has 164 valence electrons. The molecule has 0 unspecified atom stereocenters. The molecule has 32 heavy (non-hydrogen) atoms. The molecule has 1 aliphatic rings. The molecular formula is C22H20Cl2N6O2. The fourth-order valence-electron chi connectivity index (χ4n) is 3.70. The number of benzene rings is 1. The molecule has 3 aromatic heterocycles. The Hall–Kier alpha value is -2.91. The summed E-state index contributed by atoms with van der Waals surface area (Å²) in [4.78, 5) is 10.8. The van der Waals surface area contributed by atoms with Crippen LogP contribution < -0.4 is 15.4 Å². The van der Waals surface area contributed by atoms with Gasteiger partial charge in [0.05, 0.1) is 46.4 Å². The van der Waals surface area contributed by atoms with E-state index in [9.17, 15) is 0 Å². The molecule has 0 saturated carbocycles. The number of ether oxygens (including phenoxy) is 2. The molecule has 1 aromatic carbocycles. The zero-order chi connectivity index (χ0) is 22.1. The number of H-pyrrole nitrogens is 1. The van der Waals surface area contributed by atoms with Gasteiger partial charge in [0.15, 0.2) is 6.23 Å². The molecule has 0 radical (unpaired) electrons. The van der Waals surface area contributed by atoms with Gasteiger partial charge in [0, 0.05) is 36.4 Å². The van der Waals surface area contributed by atoms with Gasteiger partial charge < -0.3 is 14.4 Å². The summed E-state index contributed by atoms with van der Waals surface area (Å²) >= 11 is 12.4. The number of fused-ring (bicyclic) bond motifs is 1. The van der Waals surface area contributed by atoms with Gasteiger partial charge in [0.25, 0.3) is 0 Å². The van der Waals surface area contributed by atoms with Crippen LogP contribution in [0.25, 0.3) is 22.3 Å². The van der Waals surface area contributed by atoms with Gasteiger partial charge >= 0.3 is 0 Å². The maximum Gasteiger partial charge on any atom is 0.177 e. The monoisotopic (exact) mass is 470 g/mol. The van der Waals surface area contributed by atoms with Crippen molar-refractivity contribution >= 4 is 39.8 Å². The molecule has 8 nitrogen and oxygen atoms in total. The lowest BCUT2D eigenvalue weighted by Crippen LogP contribution is -2.36. The Morgan fingerprint density at radius 3 is 2.56 bits per heavy atom. The maximum atomic E-state index is 6.22. The molecule has 0 spiro atoms. The number of nitrogens with one attached hydrogen (secondary N) is 1. The summed E-state index contributed by atoms with van der Waals surface area (Å²) in [5.41, 5.74) is 10.1. The third-order valence-electron chi connectivity index (χ3n) is 5.34. The molecule has 3 N–H and O–H groups in total. The van der Waals surface area contributed by atoms with Crippen LogP contribution in [-0.2, 0) is 4.74 Å². The van der Waals surface area contributed by atoms with Crippen molar-refractivity contribution < 1.29 is 9.47 Å². The number of anilines is 1. The minimum absolute atomic E-state index is 0.347. The Morgan fingerprint density at radius 1 is 1.06 bits per heavy atom. The highest BCUT2D eigenvalue weighted by atomic mass is 35.5. The van der Waals surface area contributed by atoms with E-state index >= 15 is 0 Å². The van der Waals surface area contributed by atoms with Crippen molar-refractivity contribution in [2.24, 2.45) is 5.73 Å². The number of nitrogens with zero attached hydrogens (tertiary/aromatic N) is 4. The number of rotatable bonds is 5. The van der Waals surface area contributed by atoms with Crippen LogP contribution in [0.2, 0.25) is 10.0 Å². The molecule has 1 saturated heterocycles. The molecule has 10 heteroatoms. The number of hydrogen-bond acceptors (Lipinski definition) is 7. The number of nitrogens with two attached hydrogens (primary N) is 1. The van der Waals surface area contributed by atoms with Crippen molar-refractivity contribution in [3.63, 3.8) is 0 Å². The number of hydrogen-bond donors (Lipinski definition) is 2. The lowest BCUT2D eigenvalue weighted by Gasteiger charge is -2.28. The molecule has 5 rings (SSSR count). The summed E-state index contributed by atoms with van der Waals surface area (Å²) < 4.78 is 11.3. The quantitative estimate of drug-likeness (QED) is 0.421. The van der Waals surface area contributed by atoms with E-state index < -0.39 is 6.23 Å². The predicted octanol–water partition coefficient (Wildman–Crippen LogP) is 4.20. The van der Waals surface area contributed by atoms with Crippen LogP contribution >= 0.6 is 23.2 Å². The molecule has 4 heterocycles. The zero-order valence-corrected chi connectivity index (χ0v) is 18.5. The fourth-order valence-corrected chi connectivity index (χ4v) is 4.27. The average molecular weight is 471 g/mol. The summed E-state index contributed by atoms with van der Waals surface area (Å²) in [6, 6.07) is 9.58. The first-order valence-corrected chi connectivity index (χ1v) is 10.8. The molecule has 0 bridgehead atoms. The number of pyridine rings is 2. The Balaban J connectivity index is 1.41. The predicted molar refractivity (Wildman–Crippen MR) is 124 cm³/mol. The van der Waals surface area contributed by atoms with E-state index in [4.69, 9.17) is 38.4 Å². The summed E-state index contributed by atoms with van der Waals surface area (Å²) in [7, 11) is 0. The van der Waals surface area contributed by atoms with Crippen LogP contribution in [0.3, 0.4) is 0 Å². The Kier molecular flexibility index (Phi) is 5.84. The second kappa shape index (κ2) is 8.91. The summed E-state index contributed by atoms with van der Waals surface area (Å²) in [6.07, 6.45) is 3.98. The van der Waals surface area contributed by atoms with E-state index in [1.807, 2.05) is 30.5 Å². The van der Waals surface area contributed by atoms with Gasteiger partial charge in [0.1, 0.15) is 11.4 Å². The highest BCUT2D eigenvalue weighted by Gasteiger charge is 2.18. The highest BCUT2D eigenvalue weighted by molar-refractivity contribution is 6.35. The van der Waals surface area contributed by atoms with Crippen LogP contribution in [0.5, 0.6) is 5.75 Å². The molecule has 1 fully saturated rings. The van der Waals surface area contributed by atoms with Gasteiger partial charge in [-0.05, 0) is 30.3 Å². The van der Waals surface area contributed by atoms with Crippen LogP contribution in [0, 0.1) is 0 Å². The highest BCUT2D eigenvalue weighted by Crippen LogP contribution is 2.33. The smallest absolute Gasteiger partial charge is 0.177 e. The van der Waals surface area contributed by atoms with Gasteiger partial charge in [-0.2, -0.15) is 5.10 Å². The van der Waals surface area contributed by atoms with Gasteiger partial charge in [-0.25, -0.2) is 0 Å². The third-order valence-corrected chi connectivity index (χ3v) is 5.94. The Labute approximate surface area is 194 Å². The zero-order valence-electron chi connectivity index (χ0n) is 17.0. The van der Waals surface area contributed by atoms with Crippen LogP contribution in [-0.4, -0.2) is 46.5 Å². The first-order valence-electron chi connectivity index (χ1n) is 10.1. The number of aromatic nitrogens is 4. The second-order valence-electron chi connectivity index (χ2n) is 7.34. The first-order chi connectivity index (χ1) is 15.6. The molecular weight excluding hydrogens is 451 g/mol. The molecule has 0 amide bonds. The van der Waals surface area contributed by atoms with Crippen molar-refractivity contribution in [2.45, 2.75) is 6.23 Å². The first kappa shape index (κ1) is 21.0. The summed E-state index contributed by atoms with van der Waals surface area (Å²) in [5, 5.41) is 9.06. The summed E-state index contributed by atoms with van der Waals surface area (Å²) in [5.74, 6) is 0.557. The minimum Gasteiger partial charge on any atom is -0.471 e.